The van der Waals surface area contributed by atoms with Gasteiger partial charge < -0.3 is 4.98 Å². The summed E-state index contributed by atoms with van der Waals surface area (Å²) in [6, 6.07) is 12.7. The molecule has 0 atom stereocenters. The van der Waals surface area contributed by atoms with Gasteiger partial charge in [0.05, 0.1) is 0 Å². The predicted molar refractivity (Wildman–Crippen MR) is 91.1 cm³/mol. The first-order chi connectivity index (χ1) is 10.6. The Labute approximate surface area is 135 Å². The summed E-state index contributed by atoms with van der Waals surface area (Å²) in [5, 5.41) is 0.587. The normalized spacial score (nSPS) is 16.2. The first kappa shape index (κ1) is 15.1. The van der Waals surface area contributed by atoms with Crippen LogP contribution in [0.5, 0.6) is 0 Å². The summed E-state index contributed by atoms with van der Waals surface area (Å²) in [6.45, 7) is 1.81. The van der Waals surface area contributed by atoms with Crippen molar-refractivity contribution in [1.82, 2.24) is 4.98 Å². The third-order valence-corrected chi connectivity index (χ3v) is 4.47. The number of hydrogen-bond donors (Lipinski definition) is 1. The van der Waals surface area contributed by atoms with E-state index in [1.54, 1.807) is 0 Å². The van der Waals surface area contributed by atoms with Crippen LogP contribution in [0.1, 0.15) is 42.5 Å². The van der Waals surface area contributed by atoms with E-state index >= 15 is 0 Å². The van der Waals surface area contributed by atoms with Crippen molar-refractivity contribution in [2.24, 2.45) is 5.92 Å². The summed E-state index contributed by atoms with van der Waals surface area (Å²) in [5.74, 6) is 0.562. The van der Waals surface area contributed by atoms with E-state index in [9.17, 15) is 4.79 Å². The van der Waals surface area contributed by atoms with Gasteiger partial charge >= 0.3 is 0 Å². The molecule has 1 heterocycles. The number of allylic oxidation sites excluding steroid dienone is 1. The minimum atomic E-state index is -0.0446. The maximum Gasteiger partial charge on any atom is 0.251 e. The monoisotopic (exact) mass is 312 g/mol. The predicted octanol–water partition coefficient (Wildman–Crippen LogP) is 4.76. The molecule has 1 saturated carbocycles. The van der Waals surface area contributed by atoms with E-state index < -0.39 is 0 Å². The molecule has 1 aliphatic carbocycles. The van der Waals surface area contributed by atoms with Crippen LogP contribution < -0.4 is 5.56 Å². The van der Waals surface area contributed by atoms with Crippen molar-refractivity contribution in [1.29, 1.82) is 0 Å². The molecule has 0 unspecified atom stereocenters. The molecule has 1 N–H and O–H groups in total. The van der Waals surface area contributed by atoms with Gasteiger partial charge in [-0.1, -0.05) is 48.7 Å². The summed E-state index contributed by atoms with van der Waals surface area (Å²) in [5.41, 5.74) is 3.46. The number of aryl methyl sites for hydroxylation is 1. The van der Waals surface area contributed by atoms with E-state index in [-0.39, 0.29) is 5.56 Å². The van der Waals surface area contributed by atoms with Crippen molar-refractivity contribution in [3.63, 3.8) is 0 Å². The van der Waals surface area contributed by atoms with Gasteiger partial charge in [0.2, 0.25) is 0 Å². The van der Waals surface area contributed by atoms with Crippen LogP contribution in [0.4, 0.5) is 0 Å². The Morgan fingerprint density at radius 2 is 2.05 bits per heavy atom. The smallest absolute Gasteiger partial charge is 0.251 e. The van der Waals surface area contributed by atoms with Crippen LogP contribution in [0, 0.1) is 18.9 Å². The van der Waals surface area contributed by atoms with Crippen molar-refractivity contribution in [3.05, 3.63) is 74.7 Å². The maximum atomic E-state index is 12.0. The number of hydrogen-bond acceptors (Lipinski definition) is 1. The van der Waals surface area contributed by atoms with Crippen LogP contribution in [0.3, 0.4) is 0 Å². The number of H-pyrrole nitrogens is 1. The fourth-order valence-electron chi connectivity index (χ4n) is 2.99. The Hall–Kier alpha value is -1.80. The fourth-order valence-corrected chi connectivity index (χ4v) is 3.16. The van der Waals surface area contributed by atoms with E-state index in [0.717, 1.165) is 22.4 Å². The molecule has 1 aromatic heterocycles. The largest absolute Gasteiger partial charge is 0.322 e. The Kier molecular flexibility index (Phi) is 4.49. The molecule has 0 aliphatic heterocycles. The molecule has 22 heavy (non-hydrogen) atoms. The minimum absolute atomic E-state index is 0.0446. The molecule has 113 valence electrons. The highest BCUT2D eigenvalue weighted by atomic mass is 35.5. The van der Waals surface area contributed by atoms with Crippen LogP contribution in [0.2, 0.25) is 5.02 Å². The van der Waals surface area contributed by atoms with Crippen molar-refractivity contribution >= 4 is 17.2 Å². The molecule has 2 aromatic rings. The Balaban J connectivity index is 2.09. The van der Waals surface area contributed by atoms with Gasteiger partial charge in [-0.2, -0.15) is 0 Å². The topological polar surface area (TPSA) is 32.9 Å². The van der Waals surface area contributed by atoms with Crippen LogP contribution in [0.15, 0.2) is 41.2 Å². The second kappa shape index (κ2) is 6.53. The molecule has 1 aliphatic rings. The third-order valence-electron chi connectivity index (χ3n) is 4.25. The quantitative estimate of drug-likeness (QED) is 0.871. The van der Waals surface area contributed by atoms with Crippen LogP contribution in [-0.4, -0.2) is 4.98 Å². The van der Waals surface area contributed by atoms with Crippen molar-refractivity contribution in [2.75, 3.05) is 0 Å². The minimum Gasteiger partial charge on any atom is -0.322 e. The van der Waals surface area contributed by atoms with Gasteiger partial charge in [0, 0.05) is 27.9 Å². The van der Waals surface area contributed by atoms with E-state index in [2.05, 4.69) is 17.1 Å². The highest BCUT2D eigenvalue weighted by Crippen LogP contribution is 2.31. The summed E-state index contributed by atoms with van der Waals surface area (Å²) in [6.07, 6.45) is 7.24. The first-order valence-electron chi connectivity index (χ1n) is 7.74. The lowest BCUT2D eigenvalue weighted by molar-refractivity contribution is 0.687. The number of halogens is 1. The van der Waals surface area contributed by atoms with Crippen molar-refractivity contribution in [2.45, 2.75) is 32.6 Å². The van der Waals surface area contributed by atoms with Gasteiger partial charge in [-0.25, -0.2) is 0 Å². The van der Waals surface area contributed by atoms with Crippen molar-refractivity contribution < 1.29 is 0 Å². The number of pyridine rings is 1. The zero-order chi connectivity index (χ0) is 15.5. The highest BCUT2D eigenvalue weighted by Gasteiger charge is 2.16. The lowest BCUT2D eigenvalue weighted by Crippen LogP contribution is -2.11. The van der Waals surface area contributed by atoms with Crippen LogP contribution in [0.25, 0.3) is 5.57 Å². The first-order valence-corrected chi connectivity index (χ1v) is 8.11. The summed E-state index contributed by atoms with van der Waals surface area (Å²) < 4.78 is 0. The fraction of sp³-hybridized carbons (Fsp3) is 0.316. The van der Waals surface area contributed by atoms with Gasteiger partial charge in [-0.3, -0.25) is 4.79 Å². The molecule has 2 nitrogen and oxygen atoms in total. The highest BCUT2D eigenvalue weighted by molar-refractivity contribution is 6.30. The molecule has 0 saturated heterocycles. The number of aromatic nitrogens is 1. The van der Waals surface area contributed by atoms with E-state index in [1.165, 1.54) is 25.7 Å². The standard InChI is InChI=1S/C19H19ClNO/c1-13-9-10-18(21-19(13)22)17(11-14-5-2-3-6-14)15-7-4-8-16(20)12-15/h4,7-11,14H,2-3,5-6H2,1H3,(H,21,22)/b17-11+. The number of aromatic amines is 1. The molecular weight excluding hydrogens is 294 g/mol. The number of rotatable bonds is 3. The lowest BCUT2D eigenvalue weighted by atomic mass is 9.96. The zero-order valence-electron chi connectivity index (χ0n) is 12.7. The Morgan fingerprint density at radius 3 is 2.73 bits per heavy atom. The molecular formula is C19H19ClNO. The summed E-state index contributed by atoms with van der Waals surface area (Å²) in [7, 11) is 0. The molecule has 1 radical (unpaired) electrons. The molecule has 1 fully saturated rings. The third kappa shape index (κ3) is 3.33. The zero-order valence-corrected chi connectivity index (χ0v) is 13.4. The van der Waals surface area contributed by atoms with Crippen LogP contribution in [-0.2, 0) is 0 Å². The maximum absolute atomic E-state index is 12.0. The van der Waals surface area contributed by atoms with Gasteiger partial charge in [-0.15, -0.1) is 0 Å². The molecule has 0 amide bonds. The second-order valence-corrected chi connectivity index (χ2v) is 6.33. The molecule has 0 bridgehead atoms. The van der Waals surface area contributed by atoms with E-state index in [1.807, 2.05) is 37.3 Å². The summed E-state index contributed by atoms with van der Waals surface area (Å²) in [4.78, 5) is 14.9. The number of benzene rings is 1. The number of nitrogens with one attached hydrogen (secondary N) is 1. The Bertz CT molecular complexity index is 754. The second-order valence-electron chi connectivity index (χ2n) is 5.92. The SMILES string of the molecule is Cc1ccc(/C(=C/C2CCCC2)c2[c]c(Cl)ccc2)[nH]c1=O. The molecule has 3 heteroatoms. The molecule has 1 aromatic carbocycles. The van der Waals surface area contributed by atoms with Gasteiger partial charge in [-0.05, 0) is 43.4 Å². The van der Waals surface area contributed by atoms with E-state index in [4.69, 9.17) is 11.6 Å². The van der Waals surface area contributed by atoms with Crippen LogP contribution >= 0.6 is 11.6 Å². The van der Waals surface area contributed by atoms with Gasteiger partial charge in [0.1, 0.15) is 0 Å². The van der Waals surface area contributed by atoms with E-state index in [0.29, 0.717) is 10.9 Å². The summed E-state index contributed by atoms with van der Waals surface area (Å²) >= 11 is 6.09. The molecule has 3 rings (SSSR count). The molecule has 0 spiro atoms. The van der Waals surface area contributed by atoms with Gasteiger partial charge in [0.25, 0.3) is 5.56 Å². The lowest BCUT2D eigenvalue weighted by Gasteiger charge is -2.12. The average Bonchev–Trinajstić information content (AvgIpc) is 3.01. The van der Waals surface area contributed by atoms with Crippen molar-refractivity contribution in [3.8, 4) is 0 Å². The van der Waals surface area contributed by atoms with Gasteiger partial charge in [0.15, 0.2) is 0 Å². The average molecular weight is 313 g/mol. The Morgan fingerprint density at radius 1 is 1.27 bits per heavy atom.